The summed E-state index contributed by atoms with van der Waals surface area (Å²) in [5, 5.41) is 7.35. The van der Waals surface area contributed by atoms with Gasteiger partial charge in [-0.25, -0.2) is 9.67 Å². The van der Waals surface area contributed by atoms with E-state index in [2.05, 4.69) is 27.0 Å². The molecule has 2 N–H and O–H groups in total. The van der Waals surface area contributed by atoms with Crippen LogP contribution in [-0.4, -0.2) is 32.2 Å². The van der Waals surface area contributed by atoms with Gasteiger partial charge in [0.25, 0.3) is 5.56 Å². The number of rotatable bonds is 6. The maximum atomic E-state index is 12.2. The van der Waals surface area contributed by atoms with Gasteiger partial charge in [0, 0.05) is 19.4 Å². The van der Waals surface area contributed by atoms with Gasteiger partial charge in [0.2, 0.25) is 5.91 Å². The fraction of sp³-hybridized carbons (Fsp3) is 0.176. The highest BCUT2D eigenvalue weighted by Gasteiger charge is 2.12. The van der Waals surface area contributed by atoms with Crippen molar-refractivity contribution in [3.8, 4) is 5.69 Å². The van der Waals surface area contributed by atoms with Gasteiger partial charge in [0.1, 0.15) is 11.2 Å². The van der Waals surface area contributed by atoms with E-state index in [0.717, 1.165) is 5.69 Å². The average Bonchev–Trinajstić information content (AvgIpc) is 3.03. The van der Waals surface area contributed by atoms with Gasteiger partial charge in [0.05, 0.1) is 11.9 Å². The summed E-state index contributed by atoms with van der Waals surface area (Å²) in [6.07, 6.45) is 3.69. The fourth-order valence-corrected chi connectivity index (χ4v) is 2.35. The van der Waals surface area contributed by atoms with Crippen LogP contribution in [0.3, 0.4) is 0 Å². The van der Waals surface area contributed by atoms with Crippen molar-refractivity contribution in [2.75, 3.05) is 6.54 Å². The Bertz CT molecular complexity index is 927. The van der Waals surface area contributed by atoms with Crippen LogP contribution in [-0.2, 0) is 11.2 Å². The molecule has 0 radical (unpaired) electrons. The Labute approximate surface area is 138 Å². The van der Waals surface area contributed by atoms with Crippen molar-refractivity contribution in [2.45, 2.75) is 12.8 Å². The minimum Gasteiger partial charge on any atom is -0.353 e. The number of carbonyl (C=O) groups is 1. The summed E-state index contributed by atoms with van der Waals surface area (Å²) in [6.45, 7) is 3.96. The number of benzene rings is 1. The second-order valence-corrected chi connectivity index (χ2v) is 5.23. The first kappa shape index (κ1) is 15.7. The largest absolute Gasteiger partial charge is 0.353 e. The number of para-hydroxylation sites is 1. The lowest BCUT2D eigenvalue weighted by molar-refractivity contribution is -0.120. The minimum absolute atomic E-state index is 0.116. The third-order valence-corrected chi connectivity index (χ3v) is 3.52. The van der Waals surface area contributed by atoms with Crippen molar-refractivity contribution in [1.29, 1.82) is 0 Å². The van der Waals surface area contributed by atoms with Gasteiger partial charge in [-0.2, -0.15) is 5.10 Å². The maximum absolute atomic E-state index is 12.2. The van der Waals surface area contributed by atoms with E-state index >= 15 is 0 Å². The molecule has 2 aromatic heterocycles. The number of hydrogen-bond donors (Lipinski definition) is 2. The van der Waals surface area contributed by atoms with Crippen LogP contribution in [0.5, 0.6) is 0 Å². The fourth-order valence-electron chi connectivity index (χ4n) is 2.35. The second-order valence-electron chi connectivity index (χ2n) is 5.23. The van der Waals surface area contributed by atoms with Crippen LogP contribution in [0.4, 0.5) is 0 Å². The van der Waals surface area contributed by atoms with Gasteiger partial charge in [-0.15, -0.1) is 6.58 Å². The maximum Gasteiger partial charge on any atom is 0.262 e. The monoisotopic (exact) mass is 323 g/mol. The number of aromatic amines is 1. The van der Waals surface area contributed by atoms with E-state index in [1.165, 1.54) is 6.20 Å². The van der Waals surface area contributed by atoms with E-state index in [0.29, 0.717) is 29.8 Å². The van der Waals surface area contributed by atoms with Crippen molar-refractivity contribution < 1.29 is 4.79 Å². The lowest BCUT2D eigenvalue weighted by atomic mass is 10.2. The van der Waals surface area contributed by atoms with E-state index in [9.17, 15) is 9.59 Å². The molecule has 7 nitrogen and oxygen atoms in total. The van der Waals surface area contributed by atoms with Gasteiger partial charge in [-0.1, -0.05) is 24.3 Å². The topological polar surface area (TPSA) is 92.7 Å². The molecule has 0 aliphatic rings. The van der Waals surface area contributed by atoms with E-state index in [4.69, 9.17) is 0 Å². The molecule has 1 amide bonds. The zero-order valence-electron chi connectivity index (χ0n) is 13.0. The summed E-state index contributed by atoms with van der Waals surface area (Å²) < 4.78 is 1.62. The zero-order chi connectivity index (χ0) is 16.9. The van der Waals surface area contributed by atoms with E-state index in [1.807, 2.05) is 30.3 Å². The molecule has 0 atom stereocenters. The third-order valence-electron chi connectivity index (χ3n) is 3.52. The Kier molecular flexibility index (Phi) is 4.51. The third kappa shape index (κ3) is 3.24. The molecule has 3 aromatic rings. The standard InChI is InChI=1S/C17H17N5O2/c1-2-10-18-15(23)9-8-14-20-16-13(17(24)21-14)11-19-22(16)12-6-4-3-5-7-12/h2-7,11H,1,8-10H2,(H,18,23)(H,20,21,24). The highest BCUT2D eigenvalue weighted by molar-refractivity contribution is 5.77. The molecule has 0 bridgehead atoms. The van der Waals surface area contributed by atoms with Gasteiger partial charge >= 0.3 is 0 Å². The quantitative estimate of drug-likeness (QED) is 0.670. The summed E-state index contributed by atoms with van der Waals surface area (Å²) in [6, 6.07) is 9.46. The number of aryl methyl sites for hydroxylation is 1. The van der Waals surface area contributed by atoms with E-state index in [-0.39, 0.29) is 17.9 Å². The molecule has 0 aliphatic carbocycles. The Balaban J connectivity index is 1.90. The molecule has 0 aliphatic heterocycles. The lowest BCUT2D eigenvalue weighted by Crippen LogP contribution is -2.24. The number of amides is 1. The van der Waals surface area contributed by atoms with Crippen LogP contribution >= 0.6 is 0 Å². The molecule has 0 saturated carbocycles. The second kappa shape index (κ2) is 6.91. The summed E-state index contributed by atoms with van der Waals surface area (Å²) in [4.78, 5) is 31.0. The SMILES string of the molecule is C=CCNC(=O)CCc1nc2c(cnn2-c2ccccc2)c(=O)[nH]1. The highest BCUT2D eigenvalue weighted by atomic mass is 16.1. The molecule has 0 unspecified atom stereocenters. The first-order valence-corrected chi connectivity index (χ1v) is 7.59. The van der Waals surface area contributed by atoms with Gasteiger partial charge in [0.15, 0.2) is 5.65 Å². The molecule has 24 heavy (non-hydrogen) atoms. The summed E-state index contributed by atoms with van der Waals surface area (Å²) in [5.41, 5.74) is 1.04. The molecular weight excluding hydrogens is 306 g/mol. The first-order chi connectivity index (χ1) is 11.7. The predicted octanol–water partition coefficient (Wildman–Crippen LogP) is 1.34. The smallest absolute Gasteiger partial charge is 0.262 e. The number of hydrogen-bond acceptors (Lipinski definition) is 4. The first-order valence-electron chi connectivity index (χ1n) is 7.59. The number of carbonyl (C=O) groups excluding carboxylic acids is 1. The molecule has 3 rings (SSSR count). The van der Waals surface area contributed by atoms with Gasteiger partial charge in [-0.3, -0.25) is 9.59 Å². The lowest BCUT2D eigenvalue weighted by Gasteiger charge is -2.05. The van der Waals surface area contributed by atoms with Crippen molar-refractivity contribution >= 4 is 16.9 Å². The highest BCUT2D eigenvalue weighted by Crippen LogP contribution is 2.13. The molecule has 122 valence electrons. The average molecular weight is 323 g/mol. The zero-order valence-corrected chi connectivity index (χ0v) is 13.0. The Morgan fingerprint density at radius 3 is 2.88 bits per heavy atom. The van der Waals surface area contributed by atoms with Crippen molar-refractivity contribution in [1.82, 2.24) is 25.1 Å². The van der Waals surface area contributed by atoms with Crippen molar-refractivity contribution in [3.63, 3.8) is 0 Å². The van der Waals surface area contributed by atoms with Crippen molar-refractivity contribution in [3.05, 3.63) is 65.4 Å². The van der Waals surface area contributed by atoms with Crippen LogP contribution in [0.15, 0.2) is 54.0 Å². The summed E-state index contributed by atoms with van der Waals surface area (Å²) in [5.74, 6) is 0.341. The Morgan fingerprint density at radius 1 is 1.33 bits per heavy atom. The molecule has 7 heteroatoms. The van der Waals surface area contributed by atoms with Crippen LogP contribution in [0.1, 0.15) is 12.2 Å². The summed E-state index contributed by atoms with van der Waals surface area (Å²) in [7, 11) is 0. The molecular formula is C17H17N5O2. The number of aromatic nitrogens is 4. The summed E-state index contributed by atoms with van der Waals surface area (Å²) >= 11 is 0. The normalized spacial score (nSPS) is 10.7. The molecule has 0 spiro atoms. The molecule has 1 aromatic carbocycles. The van der Waals surface area contributed by atoms with Crippen LogP contribution in [0, 0.1) is 0 Å². The van der Waals surface area contributed by atoms with Crippen LogP contribution in [0.25, 0.3) is 16.7 Å². The predicted molar refractivity (Wildman–Crippen MR) is 91.0 cm³/mol. The van der Waals surface area contributed by atoms with E-state index < -0.39 is 0 Å². The number of fused-ring (bicyclic) bond motifs is 1. The number of nitrogens with one attached hydrogen (secondary N) is 2. The Hall–Kier alpha value is -3.22. The Morgan fingerprint density at radius 2 is 2.12 bits per heavy atom. The molecule has 0 saturated heterocycles. The minimum atomic E-state index is -0.260. The van der Waals surface area contributed by atoms with E-state index in [1.54, 1.807) is 10.8 Å². The number of nitrogens with zero attached hydrogens (tertiary/aromatic N) is 3. The van der Waals surface area contributed by atoms with Crippen molar-refractivity contribution in [2.24, 2.45) is 0 Å². The molecule has 2 heterocycles. The number of H-pyrrole nitrogens is 1. The van der Waals surface area contributed by atoms with Crippen LogP contribution < -0.4 is 10.9 Å². The van der Waals surface area contributed by atoms with Crippen LogP contribution in [0.2, 0.25) is 0 Å². The van der Waals surface area contributed by atoms with Gasteiger partial charge in [-0.05, 0) is 12.1 Å². The van der Waals surface area contributed by atoms with Gasteiger partial charge < -0.3 is 10.3 Å². The molecule has 0 fully saturated rings.